The van der Waals surface area contributed by atoms with Gasteiger partial charge in [-0.2, -0.15) is 0 Å². The van der Waals surface area contributed by atoms with Gasteiger partial charge in [-0.25, -0.2) is 4.98 Å². The summed E-state index contributed by atoms with van der Waals surface area (Å²) >= 11 is 1.86. The Kier molecular flexibility index (Phi) is 5.88. The van der Waals surface area contributed by atoms with Crippen molar-refractivity contribution in [3.05, 3.63) is 15.6 Å². The highest BCUT2D eigenvalue weighted by atomic mass is 32.1. The Morgan fingerprint density at radius 2 is 1.91 bits per heavy atom. The minimum Gasteiger partial charge on any atom is -0.381 e. The molecule has 2 heterocycles. The van der Waals surface area contributed by atoms with Gasteiger partial charge in [0, 0.05) is 41.6 Å². The number of aryl methyl sites for hydroxylation is 1. The first-order chi connectivity index (χ1) is 10.7. The van der Waals surface area contributed by atoms with Crippen molar-refractivity contribution in [2.45, 2.75) is 64.5 Å². The van der Waals surface area contributed by atoms with Crippen molar-refractivity contribution in [2.75, 3.05) is 33.9 Å². The Morgan fingerprint density at radius 3 is 2.39 bits per heavy atom. The highest BCUT2D eigenvalue weighted by molar-refractivity contribution is 7.12. The second-order valence-electron chi connectivity index (χ2n) is 8.05. The molecule has 0 aliphatic carbocycles. The summed E-state index contributed by atoms with van der Waals surface area (Å²) in [6, 6.07) is 0.336. The molecule has 0 bridgehead atoms. The molecule has 0 spiro atoms. The third kappa shape index (κ3) is 4.32. The Labute approximate surface area is 145 Å². The average Bonchev–Trinajstić information content (AvgIpc) is 2.88. The molecule has 5 heteroatoms. The van der Waals surface area contributed by atoms with Gasteiger partial charge in [-0.15, -0.1) is 11.3 Å². The van der Waals surface area contributed by atoms with Crippen LogP contribution in [0, 0.1) is 6.92 Å². The highest BCUT2D eigenvalue weighted by Gasteiger charge is 2.35. The van der Waals surface area contributed by atoms with Crippen molar-refractivity contribution in [2.24, 2.45) is 0 Å². The van der Waals surface area contributed by atoms with Crippen LogP contribution < -0.4 is 5.32 Å². The first kappa shape index (κ1) is 18.8. The quantitative estimate of drug-likeness (QED) is 0.891. The Balaban J connectivity index is 2.07. The van der Waals surface area contributed by atoms with Gasteiger partial charge in [0.05, 0.1) is 10.7 Å². The average molecular weight is 340 g/mol. The molecular weight excluding hydrogens is 306 g/mol. The van der Waals surface area contributed by atoms with Gasteiger partial charge in [0.25, 0.3) is 0 Å². The minimum atomic E-state index is 0.124. The lowest BCUT2D eigenvalue weighted by Crippen LogP contribution is -2.55. The second-order valence-corrected chi connectivity index (χ2v) is 9.08. The molecule has 1 N–H and O–H groups in total. The summed E-state index contributed by atoms with van der Waals surface area (Å²) in [6.45, 7) is 13.8. The van der Waals surface area contributed by atoms with E-state index in [1.807, 2.05) is 11.3 Å². The fourth-order valence-electron chi connectivity index (χ4n) is 3.10. The van der Waals surface area contributed by atoms with E-state index in [9.17, 15) is 0 Å². The van der Waals surface area contributed by atoms with E-state index < -0.39 is 0 Å². The highest BCUT2D eigenvalue weighted by Crippen LogP contribution is 2.33. The first-order valence-electron chi connectivity index (χ1n) is 8.62. The summed E-state index contributed by atoms with van der Waals surface area (Å²) in [4.78, 5) is 8.54. The van der Waals surface area contributed by atoms with Crippen LogP contribution in [0.3, 0.4) is 0 Å². The van der Waals surface area contributed by atoms with E-state index in [1.54, 1.807) is 0 Å². The van der Waals surface area contributed by atoms with E-state index in [1.165, 1.54) is 15.6 Å². The van der Waals surface area contributed by atoms with Gasteiger partial charge < -0.3 is 15.0 Å². The number of nitrogens with zero attached hydrogens (tertiary/aromatic N) is 2. The van der Waals surface area contributed by atoms with E-state index in [0.717, 1.165) is 32.6 Å². The second kappa shape index (κ2) is 7.18. The molecule has 1 aliphatic heterocycles. The van der Waals surface area contributed by atoms with Crippen molar-refractivity contribution < 1.29 is 4.74 Å². The SMILES string of the molecule is Cc1nc(C(C)(C)C)sc1C(C)NCC1(N(C)C)CCOCC1. The predicted molar refractivity (Wildman–Crippen MR) is 98.4 cm³/mol. The molecule has 0 amide bonds. The van der Waals surface area contributed by atoms with Crippen LogP contribution in [0.1, 0.15) is 62.2 Å². The van der Waals surface area contributed by atoms with Crippen LogP contribution in [0.25, 0.3) is 0 Å². The van der Waals surface area contributed by atoms with Gasteiger partial charge in [-0.1, -0.05) is 20.8 Å². The van der Waals surface area contributed by atoms with Gasteiger partial charge >= 0.3 is 0 Å². The molecule has 1 aromatic rings. The molecule has 23 heavy (non-hydrogen) atoms. The molecule has 1 saturated heterocycles. The van der Waals surface area contributed by atoms with Crippen molar-refractivity contribution >= 4 is 11.3 Å². The minimum absolute atomic E-state index is 0.124. The van der Waals surface area contributed by atoms with Crippen LogP contribution in [0.4, 0.5) is 0 Å². The molecule has 132 valence electrons. The zero-order valence-electron chi connectivity index (χ0n) is 15.8. The standard InChI is InChI=1S/C18H33N3OS/c1-13(15-14(2)20-16(23-15)17(3,4)5)19-12-18(21(6)7)8-10-22-11-9-18/h13,19H,8-12H2,1-7H3. The molecule has 0 saturated carbocycles. The summed E-state index contributed by atoms with van der Waals surface area (Å²) in [5.41, 5.74) is 1.50. The van der Waals surface area contributed by atoms with E-state index in [-0.39, 0.29) is 11.0 Å². The fraction of sp³-hybridized carbons (Fsp3) is 0.833. The predicted octanol–water partition coefficient (Wildman–Crippen LogP) is 3.51. The van der Waals surface area contributed by atoms with Crippen molar-refractivity contribution in [3.8, 4) is 0 Å². The topological polar surface area (TPSA) is 37.4 Å². The maximum absolute atomic E-state index is 5.56. The van der Waals surface area contributed by atoms with Gasteiger partial charge in [-0.05, 0) is 40.8 Å². The van der Waals surface area contributed by atoms with Gasteiger partial charge in [0.15, 0.2) is 0 Å². The third-order valence-corrected chi connectivity index (χ3v) is 6.74. The number of ether oxygens (including phenoxy) is 1. The fourth-order valence-corrected chi connectivity index (χ4v) is 4.25. The van der Waals surface area contributed by atoms with Gasteiger partial charge in [0.2, 0.25) is 0 Å². The van der Waals surface area contributed by atoms with Crippen LogP contribution in [0.15, 0.2) is 0 Å². The third-order valence-electron chi connectivity index (χ3n) is 4.98. The summed E-state index contributed by atoms with van der Waals surface area (Å²) in [5.74, 6) is 0. The maximum Gasteiger partial charge on any atom is 0.0985 e. The molecule has 4 nitrogen and oxygen atoms in total. The van der Waals surface area contributed by atoms with Crippen molar-refractivity contribution in [1.29, 1.82) is 0 Å². The van der Waals surface area contributed by atoms with Crippen LogP contribution in [0.2, 0.25) is 0 Å². The molecule has 0 aromatic carbocycles. The number of likely N-dealkylation sites (N-methyl/N-ethyl adjacent to an activating group) is 1. The lowest BCUT2D eigenvalue weighted by Gasteiger charge is -2.43. The number of rotatable bonds is 5. The lowest BCUT2D eigenvalue weighted by molar-refractivity contribution is -0.00803. The van der Waals surface area contributed by atoms with Crippen LogP contribution in [0.5, 0.6) is 0 Å². The van der Waals surface area contributed by atoms with Gasteiger partial charge in [-0.3, -0.25) is 0 Å². The maximum atomic E-state index is 5.56. The summed E-state index contributed by atoms with van der Waals surface area (Å²) < 4.78 is 5.56. The monoisotopic (exact) mass is 339 g/mol. The first-order valence-corrected chi connectivity index (χ1v) is 9.44. The van der Waals surface area contributed by atoms with Crippen LogP contribution in [-0.2, 0) is 10.2 Å². The largest absolute Gasteiger partial charge is 0.381 e. The molecule has 1 aliphatic rings. The number of nitrogens with one attached hydrogen (secondary N) is 1. The molecular formula is C18H33N3OS. The summed E-state index contributed by atoms with van der Waals surface area (Å²) in [5, 5.41) is 5.00. The van der Waals surface area contributed by atoms with Crippen molar-refractivity contribution in [1.82, 2.24) is 15.2 Å². The number of thiazole rings is 1. The number of hydrogen-bond acceptors (Lipinski definition) is 5. The van der Waals surface area contributed by atoms with Crippen molar-refractivity contribution in [3.63, 3.8) is 0 Å². The zero-order chi connectivity index (χ0) is 17.3. The molecule has 1 fully saturated rings. The van der Waals surface area contributed by atoms with E-state index >= 15 is 0 Å². The smallest absolute Gasteiger partial charge is 0.0985 e. The van der Waals surface area contributed by atoms with Gasteiger partial charge in [0.1, 0.15) is 0 Å². The van der Waals surface area contributed by atoms with E-state index in [4.69, 9.17) is 9.72 Å². The van der Waals surface area contributed by atoms with Crippen LogP contribution in [-0.4, -0.2) is 49.3 Å². The Morgan fingerprint density at radius 1 is 1.30 bits per heavy atom. The zero-order valence-corrected chi connectivity index (χ0v) is 16.6. The van der Waals surface area contributed by atoms with E-state index in [0.29, 0.717) is 6.04 Å². The Hall–Kier alpha value is -0.490. The molecule has 1 atom stereocenters. The number of hydrogen-bond donors (Lipinski definition) is 1. The molecule has 1 unspecified atom stereocenters. The molecule has 1 aromatic heterocycles. The summed E-state index contributed by atoms with van der Waals surface area (Å²) in [7, 11) is 4.38. The molecule has 2 rings (SSSR count). The number of aromatic nitrogens is 1. The van der Waals surface area contributed by atoms with E-state index in [2.05, 4.69) is 58.9 Å². The Bertz CT molecular complexity index is 513. The van der Waals surface area contributed by atoms with Crippen LogP contribution >= 0.6 is 11.3 Å². The lowest BCUT2D eigenvalue weighted by atomic mass is 9.88. The summed E-state index contributed by atoms with van der Waals surface area (Å²) in [6.07, 6.45) is 2.18. The normalized spacial score (nSPS) is 20.0. The molecule has 0 radical (unpaired) electrons.